The normalized spacial score (nSPS) is 15.9. The van der Waals surface area contributed by atoms with Gasteiger partial charge in [0.1, 0.15) is 12.4 Å². The number of benzene rings is 1. The minimum Gasteiger partial charge on any atom is -0.497 e. The number of carbonyl (C=O) groups excluding carboxylic acids is 3. The summed E-state index contributed by atoms with van der Waals surface area (Å²) in [5.74, 6) is -0.532. The van der Waals surface area contributed by atoms with E-state index in [1.165, 1.54) is 6.08 Å². The Morgan fingerprint density at radius 3 is 2.39 bits per heavy atom. The van der Waals surface area contributed by atoms with Crippen LogP contribution < -0.4 is 15.4 Å². The smallest absolute Gasteiger partial charge is 0.338 e. The van der Waals surface area contributed by atoms with Crippen LogP contribution in [0, 0.1) is 0 Å². The van der Waals surface area contributed by atoms with E-state index in [9.17, 15) is 14.4 Å². The maximum atomic E-state index is 12.6. The largest absolute Gasteiger partial charge is 0.497 e. The number of allylic oxidation sites excluding steroid dienone is 1. The van der Waals surface area contributed by atoms with Crippen LogP contribution in [0.5, 0.6) is 5.75 Å². The summed E-state index contributed by atoms with van der Waals surface area (Å²) in [6.45, 7) is 5.10. The van der Waals surface area contributed by atoms with Crippen LogP contribution in [-0.4, -0.2) is 38.3 Å². The van der Waals surface area contributed by atoms with Crippen LogP contribution in [0.25, 0.3) is 0 Å². The zero-order valence-electron chi connectivity index (χ0n) is 16.3. The first-order chi connectivity index (χ1) is 13.3. The number of ether oxygens (including phenoxy) is 3. The second kappa shape index (κ2) is 9.59. The van der Waals surface area contributed by atoms with Gasteiger partial charge >= 0.3 is 18.0 Å². The molecular formula is C20H24N2O6. The molecule has 0 saturated carbocycles. The van der Waals surface area contributed by atoms with E-state index in [4.69, 9.17) is 14.2 Å². The van der Waals surface area contributed by atoms with E-state index in [0.29, 0.717) is 11.3 Å². The fraction of sp³-hybridized carbons (Fsp3) is 0.350. The molecule has 1 heterocycles. The van der Waals surface area contributed by atoms with E-state index >= 15 is 0 Å². The summed E-state index contributed by atoms with van der Waals surface area (Å²) in [4.78, 5) is 36.6. The Bertz CT molecular complexity index is 806. The first kappa shape index (κ1) is 21.0. The number of urea groups is 1. The zero-order chi connectivity index (χ0) is 20.7. The van der Waals surface area contributed by atoms with Gasteiger partial charge in [0.2, 0.25) is 0 Å². The average molecular weight is 388 g/mol. The van der Waals surface area contributed by atoms with Crippen molar-refractivity contribution in [2.75, 3.05) is 20.3 Å². The summed E-state index contributed by atoms with van der Waals surface area (Å²) in [7, 11) is 1.55. The van der Waals surface area contributed by atoms with Crippen LogP contribution in [0.2, 0.25) is 0 Å². The van der Waals surface area contributed by atoms with Gasteiger partial charge in [0.25, 0.3) is 0 Å². The van der Waals surface area contributed by atoms with Crippen molar-refractivity contribution < 1.29 is 28.6 Å². The van der Waals surface area contributed by atoms with Crippen molar-refractivity contribution in [2.24, 2.45) is 0 Å². The molecule has 8 nitrogen and oxygen atoms in total. The molecule has 0 unspecified atom stereocenters. The van der Waals surface area contributed by atoms with Crippen molar-refractivity contribution in [1.82, 2.24) is 10.6 Å². The minimum atomic E-state index is -0.754. The Labute approximate surface area is 163 Å². The topological polar surface area (TPSA) is 103 Å². The van der Waals surface area contributed by atoms with Crippen LogP contribution in [0.15, 0.2) is 47.2 Å². The van der Waals surface area contributed by atoms with Gasteiger partial charge in [0.05, 0.1) is 31.0 Å². The van der Waals surface area contributed by atoms with Gasteiger partial charge in [-0.05, 0) is 38.5 Å². The third-order valence-corrected chi connectivity index (χ3v) is 3.86. The Kier molecular flexibility index (Phi) is 7.20. The standard InChI is InChI=1S/C20H24N2O6/c1-5-27-19(24)17-15(11-28-16(23)10-12(2)3)21-20(25)22-18(17)13-6-8-14(26-4)9-7-13/h6-10,18H,5,11H2,1-4H3,(H2,21,22,25)/t18-/m1/s1. The number of methoxy groups -OCH3 is 1. The van der Waals surface area contributed by atoms with Crippen LogP contribution in [0.3, 0.4) is 0 Å². The predicted molar refractivity (Wildman–Crippen MR) is 101 cm³/mol. The Morgan fingerprint density at radius 2 is 1.82 bits per heavy atom. The molecule has 2 amide bonds. The summed E-state index contributed by atoms with van der Waals surface area (Å²) < 4.78 is 15.5. The molecule has 0 saturated heterocycles. The fourth-order valence-corrected chi connectivity index (χ4v) is 2.65. The quantitative estimate of drug-likeness (QED) is 0.549. The number of nitrogens with one attached hydrogen (secondary N) is 2. The van der Waals surface area contributed by atoms with E-state index in [0.717, 1.165) is 5.57 Å². The predicted octanol–water partition coefficient (Wildman–Crippen LogP) is 2.38. The highest BCUT2D eigenvalue weighted by atomic mass is 16.5. The zero-order valence-corrected chi connectivity index (χ0v) is 16.3. The highest BCUT2D eigenvalue weighted by Gasteiger charge is 2.34. The monoisotopic (exact) mass is 388 g/mol. The van der Waals surface area contributed by atoms with E-state index in [1.807, 2.05) is 0 Å². The lowest BCUT2D eigenvalue weighted by Crippen LogP contribution is -2.47. The first-order valence-corrected chi connectivity index (χ1v) is 8.79. The van der Waals surface area contributed by atoms with Gasteiger partial charge in [-0.3, -0.25) is 0 Å². The number of rotatable bonds is 7. The summed E-state index contributed by atoms with van der Waals surface area (Å²) in [5.41, 5.74) is 1.79. The van der Waals surface area contributed by atoms with Crippen LogP contribution in [0.1, 0.15) is 32.4 Å². The molecule has 1 aliphatic heterocycles. The lowest BCUT2D eigenvalue weighted by atomic mass is 9.95. The molecule has 0 aliphatic carbocycles. The second-order valence-corrected chi connectivity index (χ2v) is 6.25. The molecule has 8 heteroatoms. The third-order valence-electron chi connectivity index (χ3n) is 3.86. The van der Waals surface area contributed by atoms with Crippen molar-refractivity contribution >= 4 is 18.0 Å². The van der Waals surface area contributed by atoms with Crippen molar-refractivity contribution in [1.29, 1.82) is 0 Å². The maximum Gasteiger partial charge on any atom is 0.338 e. The molecule has 150 valence electrons. The fourth-order valence-electron chi connectivity index (χ4n) is 2.65. The lowest BCUT2D eigenvalue weighted by Gasteiger charge is -2.29. The Morgan fingerprint density at radius 1 is 1.14 bits per heavy atom. The molecule has 0 bridgehead atoms. The van der Waals surface area contributed by atoms with Crippen LogP contribution in [0.4, 0.5) is 4.79 Å². The summed E-state index contributed by atoms with van der Waals surface area (Å²) >= 11 is 0. The molecule has 28 heavy (non-hydrogen) atoms. The highest BCUT2D eigenvalue weighted by molar-refractivity contribution is 5.95. The average Bonchev–Trinajstić information content (AvgIpc) is 2.65. The Hall–Kier alpha value is -3.29. The van der Waals surface area contributed by atoms with Gasteiger partial charge in [-0.25, -0.2) is 14.4 Å². The van der Waals surface area contributed by atoms with Gasteiger partial charge < -0.3 is 24.8 Å². The molecular weight excluding hydrogens is 364 g/mol. The summed E-state index contributed by atoms with van der Waals surface area (Å²) in [6, 6.07) is 5.65. The van der Waals surface area contributed by atoms with Gasteiger partial charge in [0.15, 0.2) is 0 Å². The Balaban J connectivity index is 2.40. The SMILES string of the molecule is CCOC(=O)C1=C(COC(=O)C=C(C)C)NC(=O)N[C@@H]1c1ccc(OC)cc1. The molecule has 2 N–H and O–H groups in total. The molecule has 1 aromatic rings. The van der Waals surface area contributed by atoms with Crippen molar-refractivity contribution in [3.05, 3.63) is 52.7 Å². The van der Waals surface area contributed by atoms with E-state index in [1.54, 1.807) is 52.1 Å². The van der Waals surface area contributed by atoms with E-state index < -0.39 is 24.0 Å². The second-order valence-electron chi connectivity index (χ2n) is 6.25. The van der Waals surface area contributed by atoms with Crippen LogP contribution in [-0.2, 0) is 19.1 Å². The van der Waals surface area contributed by atoms with Gasteiger partial charge in [-0.15, -0.1) is 0 Å². The number of carbonyl (C=O) groups is 3. The molecule has 1 aromatic carbocycles. The molecule has 0 spiro atoms. The first-order valence-electron chi connectivity index (χ1n) is 8.79. The minimum absolute atomic E-state index is 0.163. The van der Waals surface area contributed by atoms with E-state index in [2.05, 4.69) is 10.6 Å². The van der Waals surface area contributed by atoms with Gasteiger partial charge in [-0.2, -0.15) is 0 Å². The molecule has 2 rings (SSSR count). The number of hydrogen-bond donors (Lipinski definition) is 2. The summed E-state index contributed by atoms with van der Waals surface area (Å²) in [5, 5.41) is 5.25. The number of hydrogen-bond acceptors (Lipinski definition) is 6. The van der Waals surface area contributed by atoms with E-state index in [-0.39, 0.29) is 24.5 Å². The molecule has 0 radical (unpaired) electrons. The molecule has 0 fully saturated rings. The van der Waals surface area contributed by atoms with Crippen molar-refractivity contribution in [2.45, 2.75) is 26.8 Å². The highest BCUT2D eigenvalue weighted by Crippen LogP contribution is 2.29. The number of esters is 2. The van der Waals surface area contributed by atoms with Gasteiger partial charge in [-0.1, -0.05) is 17.7 Å². The van der Waals surface area contributed by atoms with Crippen molar-refractivity contribution in [3.63, 3.8) is 0 Å². The molecule has 0 aromatic heterocycles. The molecule has 1 aliphatic rings. The van der Waals surface area contributed by atoms with Crippen LogP contribution >= 0.6 is 0 Å². The third kappa shape index (κ3) is 5.35. The van der Waals surface area contributed by atoms with Gasteiger partial charge in [0, 0.05) is 6.08 Å². The number of amides is 2. The maximum absolute atomic E-state index is 12.6. The molecule has 1 atom stereocenters. The van der Waals surface area contributed by atoms with Crippen molar-refractivity contribution in [3.8, 4) is 5.75 Å². The lowest BCUT2D eigenvalue weighted by molar-refractivity contribution is -0.140. The summed E-state index contributed by atoms with van der Waals surface area (Å²) in [6.07, 6.45) is 1.33.